The van der Waals surface area contributed by atoms with Gasteiger partial charge >= 0.3 is 10.4 Å². The van der Waals surface area contributed by atoms with Crippen LogP contribution in [0.3, 0.4) is 0 Å². The molecule has 2 aliphatic heterocycles. The first kappa shape index (κ1) is 12.1. The fourth-order valence-corrected chi connectivity index (χ4v) is 2.76. The van der Waals surface area contributed by atoms with E-state index in [2.05, 4.69) is 13.1 Å². The minimum atomic E-state index is -4.58. The third kappa shape index (κ3) is 1.39. The zero-order chi connectivity index (χ0) is 12.4. The van der Waals surface area contributed by atoms with Crippen molar-refractivity contribution in [2.24, 2.45) is 0 Å². The fourth-order valence-electron chi connectivity index (χ4n) is 1.61. The molecule has 94 valence electrons. The maximum atomic E-state index is 11.0. The highest BCUT2D eigenvalue weighted by Crippen LogP contribution is 2.46. The summed E-state index contributed by atoms with van der Waals surface area (Å²) in [5.74, 6) is -5.14. The molecule has 0 bridgehead atoms. The molecule has 0 aliphatic carbocycles. The smallest absolute Gasteiger partial charge is 0.385 e. The third-order valence-electron chi connectivity index (χ3n) is 2.50. The summed E-state index contributed by atoms with van der Waals surface area (Å²) >= 11 is 0. The zero-order valence-corrected chi connectivity index (χ0v) is 8.79. The molecule has 16 heavy (non-hydrogen) atoms. The molecule has 2 saturated heterocycles. The van der Waals surface area contributed by atoms with E-state index in [1.54, 1.807) is 0 Å². The molecule has 2 rings (SSSR count). The molecule has 4 N–H and O–H groups in total. The number of aliphatic hydroxyl groups is 4. The van der Waals surface area contributed by atoms with Crippen molar-refractivity contribution < 1.29 is 41.9 Å². The standard InChI is InChI=1S/C6H10O9S/c1-5-6(10,15-16(11,12)14-5)3(8)2(7)4(9)13-5/h2-4,7-10H,1H3/t2-,3+,4?,5-,6-/m0/s1. The van der Waals surface area contributed by atoms with Gasteiger partial charge in [-0.3, -0.25) is 0 Å². The molecule has 5 atom stereocenters. The lowest BCUT2D eigenvalue weighted by atomic mass is 9.93. The predicted octanol–water partition coefficient (Wildman–Crippen LogP) is -3.25. The first-order valence-electron chi connectivity index (χ1n) is 4.22. The lowest BCUT2D eigenvalue weighted by molar-refractivity contribution is -0.423. The SMILES string of the molecule is C[C@@]12OC(O)[C@@H](O)[C@@H](O)[C@]1(O)OS(=O)(=O)O2. The molecule has 2 aliphatic rings. The van der Waals surface area contributed by atoms with Gasteiger partial charge in [-0.1, -0.05) is 0 Å². The van der Waals surface area contributed by atoms with Crippen LogP contribution in [-0.4, -0.2) is 58.9 Å². The quantitative estimate of drug-likeness (QED) is 0.352. The maximum absolute atomic E-state index is 11.0. The number of hydrogen-bond donors (Lipinski definition) is 4. The summed E-state index contributed by atoms with van der Waals surface area (Å²) in [6, 6.07) is 0. The van der Waals surface area contributed by atoms with Crippen LogP contribution in [0.15, 0.2) is 0 Å². The molecule has 0 aromatic carbocycles. The summed E-state index contributed by atoms with van der Waals surface area (Å²) in [4.78, 5) is 0. The van der Waals surface area contributed by atoms with Gasteiger partial charge in [0.15, 0.2) is 6.29 Å². The first-order chi connectivity index (χ1) is 7.11. The minimum Gasteiger partial charge on any atom is -0.385 e. The second kappa shape index (κ2) is 3.11. The molecule has 1 unspecified atom stereocenters. The molecule has 0 aromatic heterocycles. The van der Waals surface area contributed by atoms with E-state index in [0.29, 0.717) is 0 Å². The van der Waals surface area contributed by atoms with Crippen molar-refractivity contribution in [2.45, 2.75) is 37.0 Å². The summed E-state index contributed by atoms with van der Waals surface area (Å²) < 4.78 is 35.0. The molecule has 0 amide bonds. The second-order valence-electron chi connectivity index (χ2n) is 3.66. The van der Waals surface area contributed by atoms with Crippen LogP contribution in [0.1, 0.15) is 6.92 Å². The Labute approximate surface area is 90.1 Å². The Kier molecular flexibility index (Phi) is 2.36. The molecule has 0 aromatic rings. The molecule has 2 heterocycles. The predicted molar refractivity (Wildman–Crippen MR) is 43.6 cm³/mol. The number of ether oxygens (including phenoxy) is 1. The van der Waals surface area contributed by atoms with E-state index in [4.69, 9.17) is 0 Å². The minimum absolute atomic E-state index is 0.940. The largest absolute Gasteiger partial charge is 0.405 e. The molecule has 2 fully saturated rings. The molecule has 0 spiro atoms. The molecule has 0 radical (unpaired) electrons. The van der Waals surface area contributed by atoms with Crippen LogP contribution in [-0.2, 0) is 23.5 Å². The van der Waals surface area contributed by atoms with Gasteiger partial charge in [-0.05, 0) is 6.92 Å². The summed E-state index contributed by atoms with van der Waals surface area (Å²) in [5.41, 5.74) is 0. The van der Waals surface area contributed by atoms with E-state index in [1.807, 2.05) is 0 Å². The van der Waals surface area contributed by atoms with Crippen LogP contribution in [0.4, 0.5) is 0 Å². The van der Waals surface area contributed by atoms with Gasteiger partial charge in [-0.15, -0.1) is 0 Å². The van der Waals surface area contributed by atoms with Gasteiger partial charge in [-0.25, -0.2) is 8.37 Å². The fraction of sp³-hybridized carbons (Fsp3) is 1.00. The van der Waals surface area contributed by atoms with Crippen molar-refractivity contribution in [3.8, 4) is 0 Å². The van der Waals surface area contributed by atoms with Crippen molar-refractivity contribution in [2.75, 3.05) is 0 Å². The number of aliphatic hydroxyl groups excluding tert-OH is 3. The Hall–Kier alpha value is -0.330. The highest BCUT2D eigenvalue weighted by molar-refractivity contribution is 7.82. The average Bonchev–Trinajstić information content (AvgIpc) is 2.29. The van der Waals surface area contributed by atoms with Crippen LogP contribution in [0.5, 0.6) is 0 Å². The van der Waals surface area contributed by atoms with Crippen LogP contribution in [0, 0.1) is 0 Å². The van der Waals surface area contributed by atoms with Crippen molar-refractivity contribution in [3.05, 3.63) is 0 Å². The number of hydrogen-bond acceptors (Lipinski definition) is 9. The number of rotatable bonds is 0. The van der Waals surface area contributed by atoms with Crippen molar-refractivity contribution in [1.29, 1.82) is 0 Å². The van der Waals surface area contributed by atoms with Crippen LogP contribution in [0.25, 0.3) is 0 Å². The van der Waals surface area contributed by atoms with Crippen LogP contribution in [0.2, 0.25) is 0 Å². The first-order valence-corrected chi connectivity index (χ1v) is 5.55. The van der Waals surface area contributed by atoms with Gasteiger partial charge in [0.1, 0.15) is 12.2 Å². The summed E-state index contributed by atoms with van der Waals surface area (Å²) in [7, 11) is -4.58. The highest BCUT2D eigenvalue weighted by Gasteiger charge is 2.72. The Morgan fingerprint density at radius 3 is 2.31 bits per heavy atom. The third-order valence-corrected chi connectivity index (χ3v) is 3.48. The van der Waals surface area contributed by atoms with Gasteiger partial charge in [-0.2, -0.15) is 8.42 Å². The summed E-state index contributed by atoms with van der Waals surface area (Å²) in [5, 5.41) is 37.7. The van der Waals surface area contributed by atoms with Gasteiger partial charge in [0.2, 0.25) is 5.79 Å². The van der Waals surface area contributed by atoms with E-state index < -0.39 is 40.5 Å². The Morgan fingerprint density at radius 1 is 1.19 bits per heavy atom. The van der Waals surface area contributed by atoms with E-state index >= 15 is 0 Å². The molecule has 10 heteroatoms. The van der Waals surface area contributed by atoms with Crippen molar-refractivity contribution >= 4 is 10.4 Å². The van der Waals surface area contributed by atoms with E-state index in [0.717, 1.165) is 6.92 Å². The second-order valence-corrected chi connectivity index (χ2v) is 4.81. The topological polar surface area (TPSA) is 143 Å². The Morgan fingerprint density at radius 2 is 1.75 bits per heavy atom. The van der Waals surface area contributed by atoms with E-state index in [-0.39, 0.29) is 0 Å². The van der Waals surface area contributed by atoms with Crippen molar-refractivity contribution in [1.82, 2.24) is 0 Å². The van der Waals surface area contributed by atoms with Gasteiger partial charge in [0, 0.05) is 0 Å². The average molecular weight is 258 g/mol. The molecule has 9 nitrogen and oxygen atoms in total. The number of fused-ring (bicyclic) bond motifs is 1. The van der Waals surface area contributed by atoms with Gasteiger partial charge in [0.25, 0.3) is 5.79 Å². The summed E-state index contributed by atoms with van der Waals surface area (Å²) in [6.45, 7) is 0.940. The molecular formula is C6H10O9S. The van der Waals surface area contributed by atoms with Gasteiger partial charge in [0.05, 0.1) is 0 Å². The van der Waals surface area contributed by atoms with E-state index in [1.165, 1.54) is 0 Å². The van der Waals surface area contributed by atoms with E-state index in [9.17, 15) is 28.8 Å². The Balaban J connectivity index is 2.48. The lowest BCUT2D eigenvalue weighted by Gasteiger charge is -2.44. The zero-order valence-electron chi connectivity index (χ0n) is 7.97. The molecule has 0 saturated carbocycles. The summed E-state index contributed by atoms with van der Waals surface area (Å²) in [6.07, 6.45) is -5.97. The lowest BCUT2D eigenvalue weighted by Crippen LogP contribution is -2.70. The van der Waals surface area contributed by atoms with Crippen LogP contribution >= 0.6 is 0 Å². The highest BCUT2D eigenvalue weighted by atomic mass is 32.3. The normalized spacial score (nSPS) is 55.9. The van der Waals surface area contributed by atoms with Gasteiger partial charge < -0.3 is 25.2 Å². The Bertz CT molecular complexity index is 406. The molecular weight excluding hydrogens is 248 g/mol. The maximum Gasteiger partial charge on any atom is 0.405 e. The monoisotopic (exact) mass is 258 g/mol. The van der Waals surface area contributed by atoms with Crippen LogP contribution < -0.4 is 0 Å². The van der Waals surface area contributed by atoms with Crippen molar-refractivity contribution in [3.63, 3.8) is 0 Å².